The van der Waals surface area contributed by atoms with Crippen LogP contribution in [0, 0.1) is 0 Å². The van der Waals surface area contributed by atoms with Crippen molar-refractivity contribution >= 4 is 22.5 Å². The lowest BCUT2D eigenvalue weighted by molar-refractivity contribution is 0.0207. The summed E-state index contributed by atoms with van der Waals surface area (Å²) >= 11 is 6.59. The van der Waals surface area contributed by atoms with Crippen molar-refractivity contribution in [2.75, 3.05) is 6.54 Å². The van der Waals surface area contributed by atoms with E-state index >= 15 is 0 Å². The van der Waals surface area contributed by atoms with Crippen LogP contribution >= 0.6 is 11.6 Å². The maximum absolute atomic E-state index is 11.7. The lowest BCUT2D eigenvalue weighted by Gasteiger charge is -2.37. The highest BCUT2D eigenvalue weighted by atomic mass is 35.5. The highest BCUT2D eigenvalue weighted by Gasteiger charge is 2.34. The van der Waals surface area contributed by atoms with Gasteiger partial charge in [0.05, 0.1) is 6.10 Å². The number of fused-ring (bicyclic) bond motifs is 1. The Bertz CT molecular complexity index is 1240. The minimum Gasteiger partial charge on any atom is -0.390 e. The second kappa shape index (κ2) is 12.1. The molecule has 5 rings (SSSR count). The first-order chi connectivity index (χ1) is 17.7. The number of hydrogen-bond donors (Lipinski definition) is 3. The van der Waals surface area contributed by atoms with Gasteiger partial charge in [0, 0.05) is 53.8 Å². The normalized spacial score (nSPS) is 20.6. The van der Waals surface area contributed by atoms with Crippen LogP contribution in [-0.4, -0.2) is 39.7 Å². The molecule has 0 bridgehead atoms. The first kappa shape index (κ1) is 25.0. The number of halogens is 1. The average Bonchev–Trinajstić information content (AvgIpc) is 3.23. The van der Waals surface area contributed by atoms with Crippen LogP contribution in [0.2, 0.25) is 5.02 Å². The SMILES string of the molecule is O[C@H]1[C@H](N(CCc2c[nH]c3ccccc23)Cc2ccccc2Cl)CCCC[C@H]1NCc1ccccc1. The molecule has 3 atom stereocenters. The molecule has 1 saturated carbocycles. The molecule has 1 fully saturated rings. The molecule has 4 aromatic rings. The standard InChI is InChI=1S/C31H36ClN3O/c32-27-14-6-4-12-25(27)22-35(19-18-24-21-34-28-15-7-5-13-26(24)28)30-17-9-8-16-29(31(30)36)33-20-23-10-2-1-3-11-23/h1-7,10-15,21,29-31,33-34,36H,8-9,16-20,22H2/t29-,30-,31-/m1/s1. The smallest absolute Gasteiger partial charge is 0.0848 e. The van der Waals surface area contributed by atoms with Gasteiger partial charge in [-0.1, -0.05) is 91.2 Å². The highest BCUT2D eigenvalue weighted by molar-refractivity contribution is 6.31. The monoisotopic (exact) mass is 501 g/mol. The van der Waals surface area contributed by atoms with E-state index in [1.165, 1.54) is 22.0 Å². The van der Waals surface area contributed by atoms with Crippen molar-refractivity contribution in [3.63, 3.8) is 0 Å². The third-order valence-corrected chi connectivity index (χ3v) is 7.99. The van der Waals surface area contributed by atoms with E-state index in [0.29, 0.717) is 0 Å². The van der Waals surface area contributed by atoms with Gasteiger partial charge in [-0.3, -0.25) is 4.90 Å². The molecule has 1 heterocycles. The molecule has 5 heteroatoms. The molecule has 3 aromatic carbocycles. The van der Waals surface area contributed by atoms with Gasteiger partial charge in [-0.05, 0) is 48.1 Å². The Balaban J connectivity index is 1.35. The van der Waals surface area contributed by atoms with Gasteiger partial charge in [0.15, 0.2) is 0 Å². The average molecular weight is 502 g/mol. The second-order valence-corrected chi connectivity index (χ2v) is 10.4. The Kier molecular flexibility index (Phi) is 8.40. The van der Waals surface area contributed by atoms with E-state index in [2.05, 4.69) is 76.0 Å². The van der Waals surface area contributed by atoms with Crippen LogP contribution in [-0.2, 0) is 19.5 Å². The van der Waals surface area contributed by atoms with Crippen molar-refractivity contribution in [1.29, 1.82) is 0 Å². The molecule has 36 heavy (non-hydrogen) atoms. The summed E-state index contributed by atoms with van der Waals surface area (Å²) in [5.74, 6) is 0. The van der Waals surface area contributed by atoms with Crippen molar-refractivity contribution < 1.29 is 5.11 Å². The first-order valence-corrected chi connectivity index (χ1v) is 13.5. The summed E-state index contributed by atoms with van der Waals surface area (Å²) in [7, 11) is 0. The molecule has 4 nitrogen and oxygen atoms in total. The van der Waals surface area contributed by atoms with Gasteiger partial charge >= 0.3 is 0 Å². The van der Waals surface area contributed by atoms with Crippen molar-refractivity contribution in [1.82, 2.24) is 15.2 Å². The van der Waals surface area contributed by atoms with Crippen LogP contribution in [0.1, 0.15) is 42.4 Å². The minimum atomic E-state index is -0.443. The van der Waals surface area contributed by atoms with E-state index < -0.39 is 6.10 Å². The Morgan fingerprint density at radius 1 is 0.889 bits per heavy atom. The summed E-state index contributed by atoms with van der Waals surface area (Å²) in [5.41, 5.74) is 4.85. The van der Waals surface area contributed by atoms with Crippen molar-refractivity contribution in [3.8, 4) is 0 Å². The molecule has 0 aliphatic heterocycles. The topological polar surface area (TPSA) is 51.3 Å². The van der Waals surface area contributed by atoms with Crippen LogP contribution in [0.4, 0.5) is 0 Å². The maximum Gasteiger partial charge on any atom is 0.0848 e. The Morgan fingerprint density at radius 2 is 1.64 bits per heavy atom. The van der Waals surface area contributed by atoms with Gasteiger partial charge in [0.25, 0.3) is 0 Å². The van der Waals surface area contributed by atoms with Crippen LogP contribution in [0.25, 0.3) is 10.9 Å². The van der Waals surface area contributed by atoms with Crippen LogP contribution in [0.15, 0.2) is 85.1 Å². The molecule has 0 unspecified atom stereocenters. The van der Waals surface area contributed by atoms with Crippen LogP contribution < -0.4 is 5.32 Å². The second-order valence-electron chi connectivity index (χ2n) is 9.99. The number of H-pyrrole nitrogens is 1. The van der Waals surface area contributed by atoms with E-state index in [1.54, 1.807) is 0 Å². The zero-order chi connectivity index (χ0) is 24.7. The number of aliphatic hydroxyl groups is 1. The molecule has 0 spiro atoms. The number of benzene rings is 3. The van der Waals surface area contributed by atoms with Crippen molar-refractivity contribution in [2.45, 2.75) is 63.4 Å². The molecular weight excluding hydrogens is 466 g/mol. The summed E-state index contributed by atoms with van der Waals surface area (Å²) in [4.78, 5) is 5.88. The van der Waals surface area contributed by atoms with Gasteiger partial charge in [-0.25, -0.2) is 0 Å². The van der Waals surface area contributed by atoms with E-state index in [-0.39, 0.29) is 12.1 Å². The third-order valence-electron chi connectivity index (χ3n) is 7.63. The number of rotatable bonds is 9. The fourth-order valence-electron chi connectivity index (χ4n) is 5.60. The van der Waals surface area contributed by atoms with E-state index in [4.69, 9.17) is 11.6 Å². The van der Waals surface area contributed by atoms with Crippen LogP contribution in [0.3, 0.4) is 0 Å². The quantitative estimate of drug-likeness (QED) is 0.235. The maximum atomic E-state index is 11.7. The number of para-hydroxylation sites is 1. The summed E-state index contributed by atoms with van der Waals surface area (Å²) < 4.78 is 0. The zero-order valence-corrected chi connectivity index (χ0v) is 21.5. The molecule has 3 N–H and O–H groups in total. The van der Waals surface area contributed by atoms with E-state index in [9.17, 15) is 5.11 Å². The Labute approximate surface area is 219 Å². The lowest BCUT2D eigenvalue weighted by atomic mass is 9.98. The van der Waals surface area contributed by atoms with Crippen molar-refractivity contribution in [2.24, 2.45) is 0 Å². The fraction of sp³-hybridized carbons (Fsp3) is 0.355. The van der Waals surface area contributed by atoms with E-state index in [0.717, 1.165) is 62.3 Å². The predicted octanol–water partition coefficient (Wildman–Crippen LogP) is 6.33. The first-order valence-electron chi connectivity index (χ1n) is 13.2. The van der Waals surface area contributed by atoms with Crippen LogP contribution in [0.5, 0.6) is 0 Å². The highest BCUT2D eigenvalue weighted by Crippen LogP contribution is 2.28. The Morgan fingerprint density at radius 3 is 2.50 bits per heavy atom. The largest absolute Gasteiger partial charge is 0.390 e. The summed E-state index contributed by atoms with van der Waals surface area (Å²) in [6.45, 7) is 2.37. The van der Waals surface area contributed by atoms with Gasteiger partial charge < -0.3 is 15.4 Å². The lowest BCUT2D eigenvalue weighted by Crippen LogP contribution is -2.52. The predicted molar refractivity (Wildman–Crippen MR) is 149 cm³/mol. The molecule has 0 radical (unpaired) electrons. The van der Waals surface area contributed by atoms with Gasteiger partial charge in [-0.15, -0.1) is 0 Å². The van der Waals surface area contributed by atoms with Crippen molar-refractivity contribution in [3.05, 3.63) is 107 Å². The third kappa shape index (κ3) is 6.01. The fourth-order valence-corrected chi connectivity index (χ4v) is 5.80. The number of nitrogens with zero attached hydrogens (tertiary/aromatic N) is 1. The molecule has 1 aromatic heterocycles. The number of nitrogens with one attached hydrogen (secondary N) is 2. The number of hydrogen-bond acceptors (Lipinski definition) is 3. The molecule has 0 amide bonds. The summed E-state index contributed by atoms with van der Waals surface area (Å²) in [6.07, 6.45) is 6.84. The zero-order valence-electron chi connectivity index (χ0n) is 20.7. The molecule has 0 saturated heterocycles. The molecule has 188 valence electrons. The molecule has 1 aliphatic carbocycles. The minimum absolute atomic E-state index is 0.0690. The van der Waals surface area contributed by atoms with E-state index in [1.807, 2.05) is 24.3 Å². The van der Waals surface area contributed by atoms with Gasteiger partial charge in [0.2, 0.25) is 0 Å². The molecule has 1 aliphatic rings. The Hall–Kier alpha value is -2.63. The molecular formula is C31H36ClN3O. The number of aromatic nitrogens is 1. The van der Waals surface area contributed by atoms with Gasteiger partial charge in [-0.2, -0.15) is 0 Å². The number of aromatic amines is 1. The number of aliphatic hydroxyl groups excluding tert-OH is 1. The summed E-state index contributed by atoms with van der Waals surface area (Å²) in [5, 5.41) is 17.4. The van der Waals surface area contributed by atoms with Gasteiger partial charge in [0.1, 0.15) is 0 Å². The summed E-state index contributed by atoms with van der Waals surface area (Å²) in [6, 6.07) is 27.2.